The van der Waals surface area contributed by atoms with E-state index in [1.54, 1.807) is 0 Å². The summed E-state index contributed by atoms with van der Waals surface area (Å²) in [5.74, 6) is 1.66. The summed E-state index contributed by atoms with van der Waals surface area (Å²) in [6, 6.07) is 7.80. The molecule has 0 aliphatic carbocycles. The van der Waals surface area contributed by atoms with Crippen molar-refractivity contribution in [3.8, 4) is 5.75 Å². The molecular formula is C17H21N3O3. The Morgan fingerprint density at radius 1 is 1.35 bits per heavy atom. The van der Waals surface area contributed by atoms with Crippen molar-refractivity contribution in [2.45, 2.75) is 39.2 Å². The number of benzene rings is 1. The summed E-state index contributed by atoms with van der Waals surface area (Å²) in [5, 5.41) is 6.79. The average molecular weight is 315 g/mol. The summed E-state index contributed by atoms with van der Waals surface area (Å²) in [4.78, 5) is 16.6. The first-order chi connectivity index (χ1) is 10.9. The smallest absolute Gasteiger partial charge is 0.246 e. The maximum Gasteiger partial charge on any atom is 0.246 e. The molecule has 1 aliphatic heterocycles. The molecule has 0 spiro atoms. The zero-order valence-corrected chi connectivity index (χ0v) is 13.6. The number of amides is 1. The van der Waals surface area contributed by atoms with Crippen LogP contribution in [0.15, 0.2) is 28.8 Å². The predicted molar refractivity (Wildman–Crippen MR) is 84.0 cm³/mol. The molecule has 1 aromatic heterocycles. The molecule has 2 heterocycles. The van der Waals surface area contributed by atoms with Crippen molar-refractivity contribution in [1.29, 1.82) is 0 Å². The molecule has 23 heavy (non-hydrogen) atoms. The fourth-order valence-corrected chi connectivity index (χ4v) is 2.43. The van der Waals surface area contributed by atoms with Crippen LogP contribution in [-0.2, 0) is 23.2 Å². The highest BCUT2D eigenvalue weighted by Crippen LogP contribution is 2.26. The number of nitrogens with zero attached hydrogens (tertiary/aromatic N) is 2. The Bertz CT molecular complexity index is 703. The molecule has 1 aromatic carbocycles. The maximum absolute atomic E-state index is 12.3. The molecular weight excluding hydrogens is 294 g/mol. The van der Waals surface area contributed by atoms with Crippen LogP contribution in [0.5, 0.6) is 5.75 Å². The Hall–Kier alpha value is -2.37. The Labute approximate surface area is 135 Å². The second-order valence-electron chi connectivity index (χ2n) is 6.80. The lowest BCUT2D eigenvalue weighted by Gasteiger charge is -2.24. The lowest BCUT2D eigenvalue weighted by molar-refractivity contribution is -0.126. The van der Waals surface area contributed by atoms with E-state index in [9.17, 15) is 4.79 Å². The maximum atomic E-state index is 12.3. The van der Waals surface area contributed by atoms with Gasteiger partial charge in [0.2, 0.25) is 11.8 Å². The first-order valence-corrected chi connectivity index (χ1v) is 7.75. The van der Waals surface area contributed by atoms with Crippen LogP contribution in [0.3, 0.4) is 0 Å². The van der Waals surface area contributed by atoms with Crippen LogP contribution in [0.4, 0.5) is 0 Å². The van der Waals surface area contributed by atoms with Gasteiger partial charge < -0.3 is 14.6 Å². The summed E-state index contributed by atoms with van der Waals surface area (Å²) >= 11 is 0. The first kappa shape index (κ1) is 15.5. The number of aromatic nitrogens is 2. The highest BCUT2D eigenvalue weighted by molar-refractivity contribution is 5.79. The van der Waals surface area contributed by atoms with Gasteiger partial charge in [-0.1, -0.05) is 44.1 Å². The van der Waals surface area contributed by atoms with Crippen LogP contribution in [0.25, 0.3) is 0 Å². The van der Waals surface area contributed by atoms with Gasteiger partial charge in [-0.15, -0.1) is 0 Å². The molecule has 0 bridgehead atoms. The lowest BCUT2D eigenvalue weighted by Crippen LogP contribution is -2.37. The Balaban J connectivity index is 1.57. The number of nitrogens with one attached hydrogen (secondary N) is 1. The van der Waals surface area contributed by atoms with Crippen molar-refractivity contribution in [2.24, 2.45) is 5.92 Å². The van der Waals surface area contributed by atoms with Gasteiger partial charge in [0.05, 0.1) is 12.5 Å². The fraction of sp³-hybridized carbons (Fsp3) is 0.471. The van der Waals surface area contributed by atoms with Crippen molar-refractivity contribution in [3.05, 3.63) is 41.5 Å². The number of carbonyl (C=O) groups is 1. The number of rotatable bonds is 3. The lowest BCUT2D eigenvalue weighted by atomic mass is 9.96. The van der Waals surface area contributed by atoms with E-state index in [-0.39, 0.29) is 23.8 Å². The molecule has 0 radical (unpaired) electrons. The SMILES string of the molecule is CC(C)(C)c1noc(CNC(=O)[C@H]2COc3ccccc3C2)n1. The van der Waals surface area contributed by atoms with E-state index in [2.05, 4.69) is 15.5 Å². The topological polar surface area (TPSA) is 77.2 Å². The normalized spacial score (nSPS) is 17.3. The molecule has 2 aromatic rings. The van der Waals surface area contributed by atoms with Crippen molar-refractivity contribution < 1.29 is 14.1 Å². The number of hydrogen-bond acceptors (Lipinski definition) is 5. The van der Waals surface area contributed by atoms with Gasteiger partial charge in [-0.2, -0.15) is 4.98 Å². The van der Waals surface area contributed by atoms with E-state index >= 15 is 0 Å². The number of carbonyl (C=O) groups excluding carboxylic acids is 1. The minimum absolute atomic E-state index is 0.0602. The molecule has 1 N–H and O–H groups in total. The zero-order chi connectivity index (χ0) is 16.4. The second kappa shape index (κ2) is 6.02. The summed E-state index contributed by atoms with van der Waals surface area (Å²) in [6.45, 7) is 6.66. The van der Waals surface area contributed by atoms with Gasteiger partial charge in [0, 0.05) is 5.41 Å². The van der Waals surface area contributed by atoms with Crippen LogP contribution in [0, 0.1) is 5.92 Å². The number of para-hydroxylation sites is 1. The molecule has 6 nitrogen and oxygen atoms in total. The molecule has 0 saturated carbocycles. The van der Waals surface area contributed by atoms with Gasteiger partial charge in [-0.3, -0.25) is 4.79 Å². The molecule has 1 aliphatic rings. The summed E-state index contributed by atoms with van der Waals surface area (Å²) in [6.07, 6.45) is 0.680. The summed E-state index contributed by atoms with van der Waals surface area (Å²) < 4.78 is 10.8. The van der Waals surface area contributed by atoms with Crippen molar-refractivity contribution in [2.75, 3.05) is 6.61 Å². The van der Waals surface area contributed by atoms with Gasteiger partial charge in [0.15, 0.2) is 5.82 Å². The molecule has 0 saturated heterocycles. The van der Waals surface area contributed by atoms with Gasteiger partial charge in [-0.25, -0.2) is 0 Å². The third kappa shape index (κ3) is 3.52. The van der Waals surface area contributed by atoms with Crippen LogP contribution >= 0.6 is 0 Å². The number of ether oxygens (including phenoxy) is 1. The monoisotopic (exact) mass is 315 g/mol. The van der Waals surface area contributed by atoms with E-state index in [4.69, 9.17) is 9.26 Å². The summed E-state index contributed by atoms with van der Waals surface area (Å²) in [7, 11) is 0. The minimum atomic E-state index is -0.199. The Morgan fingerprint density at radius 2 is 2.13 bits per heavy atom. The van der Waals surface area contributed by atoms with Crippen LogP contribution in [0.2, 0.25) is 0 Å². The van der Waals surface area contributed by atoms with Crippen LogP contribution in [-0.4, -0.2) is 22.7 Å². The fourth-order valence-electron chi connectivity index (χ4n) is 2.43. The van der Waals surface area contributed by atoms with E-state index < -0.39 is 0 Å². The first-order valence-electron chi connectivity index (χ1n) is 7.75. The average Bonchev–Trinajstić information content (AvgIpc) is 3.01. The van der Waals surface area contributed by atoms with E-state index in [1.165, 1.54) is 0 Å². The third-order valence-corrected chi connectivity index (χ3v) is 3.80. The third-order valence-electron chi connectivity index (χ3n) is 3.80. The van der Waals surface area contributed by atoms with E-state index in [1.807, 2.05) is 45.0 Å². The highest BCUT2D eigenvalue weighted by Gasteiger charge is 2.26. The zero-order valence-electron chi connectivity index (χ0n) is 13.6. The predicted octanol–water partition coefficient (Wildman–Crippen LogP) is 2.23. The molecule has 1 amide bonds. The van der Waals surface area contributed by atoms with Crippen molar-refractivity contribution in [3.63, 3.8) is 0 Å². The molecule has 0 fully saturated rings. The Kier molecular flexibility index (Phi) is 4.07. The standard InChI is InChI=1S/C17H21N3O3/c1-17(2,3)16-19-14(23-20-16)9-18-15(21)12-8-11-6-4-5-7-13(11)22-10-12/h4-7,12H,8-10H2,1-3H3,(H,18,21)/t12-/m1/s1. The minimum Gasteiger partial charge on any atom is -0.492 e. The van der Waals surface area contributed by atoms with Gasteiger partial charge in [0.25, 0.3) is 0 Å². The van der Waals surface area contributed by atoms with Crippen molar-refractivity contribution >= 4 is 5.91 Å². The number of fused-ring (bicyclic) bond motifs is 1. The van der Waals surface area contributed by atoms with Gasteiger partial charge in [-0.05, 0) is 18.1 Å². The molecule has 1 atom stereocenters. The summed E-state index contributed by atoms with van der Waals surface area (Å²) in [5.41, 5.74) is 0.888. The van der Waals surface area contributed by atoms with Crippen molar-refractivity contribution in [1.82, 2.24) is 15.5 Å². The number of hydrogen-bond donors (Lipinski definition) is 1. The molecule has 6 heteroatoms. The molecule has 0 unspecified atom stereocenters. The molecule has 122 valence electrons. The van der Waals surface area contributed by atoms with Gasteiger partial charge >= 0.3 is 0 Å². The van der Waals surface area contributed by atoms with E-state index in [0.29, 0.717) is 24.7 Å². The highest BCUT2D eigenvalue weighted by atomic mass is 16.5. The quantitative estimate of drug-likeness (QED) is 0.940. The Morgan fingerprint density at radius 3 is 2.87 bits per heavy atom. The largest absolute Gasteiger partial charge is 0.492 e. The van der Waals surface area contributed by atoms with Crippen LogP contribution in [0.1, 0.15) is 38.0 Å². The van der Waals surface area contributed by atoms with Crippen LogP contribution < -0.4 is 10.1 Å². The van der Waals surface area contributed by atoms with Gasteiger partial charge in [0.1, 0.15) is 12.4 Å². The molecule has 3 rings (SSSR count). The van der Waals surface area contributed by atoms with E-state index in [0.717, 1.165) is 11.3 Å². The second-order valence-corrected chi connectivity index (χ2v) is 6.80.